The highest BCUT2D eigenvalue weighted by atomic mass is 16.6. The summed E-state index contributed by atoms with van der Waals surface area (Å²) in [4.78, 5) is 34.1. The number of carbonyl (C=O) groups excluding carboxylic acids is 2. The zero-order valence-corrected chi connectivity index (χ0v) is 14.3. The number of benzene rings is 2. The molecule has 0 radical (unpaired) electrons. The van der Waals surface area contributed by atoms with Crippen molar-refractivity contribution >= 4 is 17.6 Å². The number of hydrogen-bond acceptors (Lipinski definition) is 6. The van der Waals surface area contributed by atoms with Crippen LogP contribution in [-0.2, 0) is 16.1 Å². The molecule has 1 atom stereocenters. The van der Waals surface area contributed by atoms with Crippen LogP contribution in [0.1, 0.15) is 22.8 Å². The van der Waals surface area contributed by atoms with E-state index < -0.39 is 22.9 Å². The number of nitrogens with one attached hydrogen (secondary N) is 1. The molecule has 0 aliphatic heterocycles. The lowest BCUT2D eigenvalue weighted by molar-refractivity contribution is -0.384. The fraction of sp³-hybridized carbons (Fsp3) is 0.222. The van der Waals surface area contributed by atoms with E-state index in [1.807, 2.05) is 12.1 Å². The molecule has 26 heavy (non-hydrogen) atoms. The summed E-state index contributed by atoms with van der Waals surface area (Å²) in [7, 11) is 1.57. The van der Waals surface area contributed by atoms with E-state index in [0.29, 0.717) is 5.75 Å². The molecule has 0 aliphatic carbocycles. The topological polar surface area (TPSA) is 108 Å². The Morgan fingerprint density at radius 2 is 1.73 bits per heavy atom. The second-order valence-corrected chi connectivity index (χ2v) is 5.42. The van der Waals surface area contributed by atoms with Gasteiger partial charge >= 0.3 is 5.97 Å². The molecular formula is C18H18N2O6. The van der Waals surface area contributed by atoms with E-state index in [0.717, 1.165) is 5.56 Å². The number of methoxy groups -OCH3 is 1. The highest BCUT2D eigenvalue weighted by molar-refractivity contribution is 5.92. The van der Waals surface area contributed by atoms with Crippen molar-refractivity contribution in [2.45, 2.75) is 19.6 Å². The lowest BCUT2D eigenvalue weighted by Crippen LogP contribution is -2.35. The van der Waals surface area contributed by atoms with Gasteiger partial charge in [-0.2, -0.15) is 0 Å². The Labute approximate surface area is 149 Å². The van der Waals surface area contributed by atoms with Crippen LogP contribution in [0.5, 0.6) is 5.75 Å². The Morgan fingerprint density at radius 3 is 2.27 bits per heavy atom. The van der Waals surface area contributed by atoms with Gasteiger partial charge in [-0.1, -0.05) is 12.1 Å². The number of hydrogen-bond donors (Lipinski definition) is 1. The number of nitro benzene ring substituents is 1. The minimum absolute atomic E-state index is 0.130. The standard InChI is InChI=1S/C18H18N2O6/c1-12(17(21)19-11-13-3-9-16(25-2)10-4-13)26-18(22)14-5-7-15(8-6-14)20(23)24/h3-10,12H,11H2,1-2H3,(H,19,21)/t12-/m1/s1. The number of carbonyl (C=O) groups is 2. The van der Waals surface area contributed by atoms with Gasteiger partial charge in [0.25, 0.3) is 11.6 Å². The minimum Gasteiger partial charge on any atom is -0.497 e. The number of amides is 1. The summed E-state index contributed by atoms with van der Waals surface area (Å²) in [5.74, 6) is -0.464. The van der Waals surface area contributed by atoms with Gasteiger partial charge in [-0.25, -0.2) is 4.79 Å². The monoisotopic (exact) mass is 358 g/mol. The van der Waals surface area contributed by atoms with E-state index in [-0.39, 0.29) is 17.8 Å². The summed E-state index contributed by atoms with van der Waals surface area (Å²) in [5.41, 5.74) is 0.866. The van der Waals surface area contributed by atoms with E-state index in [9.17, 15) is 19.7 Å². The highest BCUT2D eigenvalue weighted by Crippen LogP contribution is 2.14. The molecule has 136 valence electrons. The van der Waals surface area contributed by atoms with Crippen LogP contribution in [0.25, 0.3) is 0 Å². The van der Waals surface area contributed by atoms with Crippen LogP contribution in [0.3, 0.4) is 0 Å². The van der Waals surface area contributed by atoms with Gasteiger partial charge in [0.05, 0.1) is 17.6 Å². The summed E-state index contributed by atoms with van der Waals surface area (Å²) in [5, 5.41) is 13.3. The number of nitro groups is 1. The Morgan fingerprint density at radius 1 is 1.12 bits per heavy atom. The molecular weight excluding hydrogens is 340 g/mol. The Bertz CT molecular complexity index is 786. The number of non-ortho nitro benzene ring substituents is 1. The first-order chi connectivity index (χ1) is 12.4. The third-order valence-corrected chi connectivity index (χ3v) is 3.59. The van der Waals surface area contributed by atoms with Gasteiger partial charge in [-0.05, 0) is 36.8 Å². The summed E-state index contributed by atoms with van der Waals surface area (Å²) < 4.78 is 10.1. The molecule has 0 heterocycles. The third kappa shape index (κ3) is 5.04. The Hall–Kier alpha value is -3.42. The molecule has 2 aromatic rings. The van der Waals surface area contributed by atoms with Crippen molar-refractivity contribution in [1.82, 2.24) is 5.32 Å². The van der Waals surface area contributed by atoms with Crippen molar-refractivity contribution < 1.29 is 24.0 Å². The van der Waals surface area contributed by atoms with Gasteiger partial charge in [0.2, 0.25) is 0 Å². The van der Waals surface area contributed by atoms with Crippen LogP contribution < -0.4 is 10.1 Å². The van der Waals surface area contributed by atoms with E-state index >= 15 is 0 Å². The largest absolute Gasteiger partial charge is 0.497 e. The van der Waals surface area contributed by atoms with Crippen molar-refractivity contribution in [2.75, 3.05) is 7.11 Å². The second kappa shape index (κ2) is 8.61. The van der Waals surface area contributed by atoms with Crippen LogP contribution in [0, 0.1) is 10.1 Å². The molecule has 8 nitrogen and oxygen atoms in total. The van der Waals surface area contributed by atoms with Crippen molar-refractivity contribution in [1.29, 1.82) is 0 Å². The minimum atomic E-state index is -1.00. The van der Waals surface area contributed by atoms with Crippen LogP contribution in [0.4, 0.5) is 5.69 Å². The van der Waals surface area contributed by atoms with Gasteiger partial charge in [-0.3, -0.25) is 14.9 Å². The molecule has 2 aromatic carbocycles. The van der Waals surface area contributed by atoms with Gasteiger partial charge in [0.15, 0.2) is 6.10 Å². The smallest absolute Gasteiger partial charge is 0.338 e. The average molecular weight is 358 g/mol. The summed E-state index contributed by atoms with van der Waals surface area (Å²) >= 11 is 0. The van der Waals surface area contributed by atoms with Gasteiger partial charge < -0.3 is 14.8 Å². The first-order valence-electron chi connectivity index (χ1n) is 7.77. The van der Waals surface area contributed by atoms with Gasteiger partial charge in [-0.15, -0.1) is 0 Å². The van der Waals surface area contributed by atoms with E-state index in [4.69, 9.17) is 9.47 Å². The molecule has 0 fully saturated rings. The van der Waals surface area contributed by atoms with E-state index in [2.05, 4.69) is 5.32 Å². The molecule has 1 amide bonds. The lowest BCUT2D eigenvalue weighted by atomic mass is 10.2. The number of ether oxygens (including phenoxy) is 2. The van der Waals surface area contributed by atoms with Crippen molar-refractivity contribution in [2.24, 2.45) is 0 Å². The number of esters is 1. The molecule has 0 saturated carbocycles. The summed E-state index contributed by atoms with van der Waals surface area (Å²) in [6, 6.07) is 12.1. The van der Waals surface area contributed by atoms with Crippen LogP contribution in [0.2, 0.25) is 0 Å². The van der Waals surface area contributed by atoms with Gasteiger partial charge in [0.1, 0.15) is 5.75 Å². The molecule has 0 aromatic heterocycles. The molecule has 0 bridgehead atoms. The summed E-state index contributed by atoms with van der Waals surface area (Å²) in [6.45, 7) is 1.73. The maximum atomic E-state index is 12.0. The van der Waals surface area contributed by atoms with Crippen molar-refractivity contribution in [3.63, 3.8) is 0 Å². The predicted molar refractivity (Wildman–Crippen MR) is 92.8 cm³/mol. The SMILES string of the molecule is COc1ccc(CNC(=O)[C@@H](C)OC(=O)c2ccc([N+](=O)[O-])cc2)cc1. The Balaban J connectivity index is 1.87. The maximum Gasteiger partial charge on any atom is 0.338 e. The third-order valence-electron chi connectivity index (χ3n) is 3.59. The average Bonchev–Trinajstić information content (AvgIpc) is 2.66. The normalized spacial score (nSPS) is 11.3. The zero-order valence-electron chi connectivity index (χ0n) is 14.3. The van der Waals surface area contributed by atoms with Crippen molar-refractivity contribution in [3.8, 4) is 5.75 Å². The molecule has 2 rings (SSSR count). The second-order valence-electron chi connectivity index (χ2n) is 5.42. The lowest BCUT2D eigenvalue weighted by Gasteiger charge is -2.13. The van der Waals surface area contributed by atoms with E-state index in [1.165, 1.54) is 31.2 Å². The molecule has 0 aliphatic rings. The van der Waals surface area contributed by atoms with Crippen LogP contribution in [0.15, 0.2) is 48.5 Å². The molecule has 8 heteroatoms. The predicted octanol–water partition coefficient (Wildman–Crippen LogP) is 2.47. The fourth-order valence-electron chi connectivity index (χ4n) is 2.08. The number of rotatable bonds is 7. The first kappa shape index (κ1) is 18.9. The zero-order chi connectivity index (χ0) is 19.1. The fourth-order valence-corrected chi connectivity index (χ4v) is 2.08. The maximum absolute atomic E-state index is 12.0. The quantitative estimate of drug-likeness (QED) is 0.463. The van der Waals surface area contributed by atoms with Crippen molar-refractivity contribution in [3.05, 3.63) is 69.8 Å². The molecule has 0 unspecified atom stereocenters. The molecule has 0 saturated heterocycles. The van der Waals surface area contributed by atoms with Crippen LogP contribution in [-0.4, -0.2) is 30.0 Å². The van der Waals surface area contributed by atoms with E-state index in [1.54, 1.807) is 19.2 Å². The van der Waals surface area contributed by atoms with Crippen LogP contribution >= 0.6 is 0 Å². The summed E-state index contributed by atoms with van der Waals surface area (Å²) in [6.07, 6.45) is -1.00. The Kier molecular flexibility index (Phi) is 6.26. The first-order valence-corrected chi connectivity index (χ1v) is 7.77. The number of nitrogens with zero attached hydrogens (tertiary/aromatic N) is 1. The molecule has 1 N–H and O–H groups in total. The van der Waals surface area contributed by atoms with Gasteiger partial charge in [0, 0.05) is 18.7 Å². The molecule has 0 spiro atoms. The highest BCUT2D eigenvalue weighted by Gasteiger charge is 2.19.